The minimum absolute atomic E-state index is 1.05. The molecule has 2 rings (SSSR count). The Morgan fingerprint density at radius 1 is 1.05 bits per heavy atom. The zero-order valence-corrected chi connectivity index (χ0v) is 12.6. The Labute approximate surface area is 123 Å². The highest BCUT2D eigenvalue weighted by Crippen LogP contribution is 2.24. The van der Waals surface area contributed by atoms with Gasteiger partial charge in [-0.1, -0.05) is 87.7 Å². The molecule has 1 aliphatic rings. The first-order valence-corrected chi connectivity index (χ1v) is 7.24. The van der Waals surface area contributed by atoms with Crippen molar-refractivity contribution in [1.29, 1.82) is 0 Å². The van der Waals surface area contributed by atoms with E-state index in [2.05, 4.69) is 49.6 Å². The van der Waals surface area contributed by atoms with E-state index < -0.39 is 0 Å². The Morgan fingerprint density at radius 2 is 1.75 bits per heavy atom. The Hall–Kier alpha value is -2.08. The third kappa shape index (κ3) is 4.89. The van der Waals surface area contributed by atoms with E-state index in [1.165, 1.54) is 16.7 Å². The van der Waals surface area contributed by atoms with Gasteiger partial charge in [0.2, 0.25) is 0 Å². The lowest BCUT2D eigenvalue weighted by Gasteiger charge is -2.12. The van der Waals surface area contributed by atoms with Crippen molar-refractivity contribution in [3.05, 3.63) is 90.1 Å². The molecule has 104 valence electrons. The first-order chi connectivity index (χ1) is 9.79. The van der Waals surface area contributed by atoms with Crippen LogP contribution in [0.4, 0.5) is 0 Å². The maximum absolute atomic E-state index is 4.13. The van der Waals surface area contributed by atoms with Crippen LogP contribution in [0.1, 0.15) is 32.3 Å². The van der Waals surface area contributed by atoms with E-state index in [0.29, 0.717) is 0 Å². The molecule has 0 amide bonds. The first kappa shape index (κ1) is 16.0. The molecule has 0 heteroatoms. The molecule has 1 aromatic carbocycles. The van der Waals surface area contributed by atoms with Gasteiger partial charge in [0, 0.05) is 0 Å². The molecule has 0 nitrogen and oxygen atoms in total. The quantitative estimate of drug-likeness (QED) is 0.575. The summed E-state index contributed by atoms with van der Waals surface area (Å²) in [4.78, 5) is 0. The minimum Gasteiger partial charge on any atom is -0.0988 e. The normalized spacial score (nSPS) is 13.9. The summed E-state index contributed by atoms with van der Waals surface area (Å²) in [5, 5.41) is 0. The van der Waals surface area contributed by atoms with E-state index in [9.17, 15) is 0 Å². The Balaban J connectivity index is 0.000000956. The lowest BCUT2D eigenvalue weighted by molar-refractivity contribution is 0.944. The number of hydrogen-bond donors (Lipinski definition) is 0. The van der Waals surface area contributed by atoms with Crippen molar-refractivity contribution in [1.82, 2.24) is 0 Å². The standard InChI is InChI=1S/C18H18.C2H6/c1-3-16-11-13-18(14-12-16)15(2)9-10-17-7-5-4-6-8-17;1-2/h3-11,13H,1-2,12,14H2;1-2H3/b10-9+;. The summed E-state index contributed by atoms with van der Waals surface area (Å²) >= 11 is 0. The van der Waals surface area contributed by atoms with Crippen LogP contribution >= 0.6 is 0 Å². The summed E-state index contributed by atoms with van der Waals surface area (Å²) in [6.45, 7) is 11.9. The highest BCUT2D eigenvalue weighted by atomic mass is 14.1. The van der Waals surface area contributed by atoms with Crippen LogP contribution in [0.15, 0.2) is 84.5 Å². The van der Waals surface area contributed by atoms with Gasteiger partial charge in [-0.15, -0.1) is 0 Å². The van der Waals surface area contributed by atoms with Crippen molar-refractivity contribution in [2.75, 3.05) is 0 Å². The van der Waals surface area contributed by atoms with Crippen molar-refractivity contribution in [3.63, 3.8) is 0 Å². The van der Waals surface area contributed by atoms with Gasteiger partial charge in [-0.2, -0.15) is 0 Å². The number of benzene rings is 1. The second kappa shape index (κ2) is 8.92. The summed E-state index contributed by atoms with van der Waals surface area (Å²) in [6, 6.07) is 10.3. The van der Waals surface area contributed by atoms with Crippen LogP contribution in [-0.4, -0.2) is 0 Å². The number of allylic oxidation sites excluding steroid dienone is 7. The summed E-state index contributed by atoms with van der Waals surface area (Å²) in [7, 11) is 0. The topological polar surface area (TPSA) is 0 Å². The fraction of sp³-hybridized carbons (Fsp3) is 0.200. The highest BCUT2D eigenvalue weighted by molar-refractivity contribution is 5.56. The predicted octanol–water partition coefficient (Wildman–Crippen LogP) is 6.11. The van der Waals surface area contributed by atoms with Crippen LogP contribution in [0, 0.1) is 0 Å². The fourth-order valence-corrected chi connectivity index (χ4v) is 1.96. The van der Waals surface area contributed by atoms with Gasteiger partial charge in [0.25, 0.3) is 0 Å². The van der Waals surface area contributed by atoms with Gasteiger partial charge in [-0.05, 0) is 35.1 Å². The van der Waals surface area contributed by atoms with Crippen molar-refractivity contribution in [2.24, 2.45) is 0 Å². The third-order valence-electron chi connectivity index (χ3n) is 3.13. The smallest absolute Gasteiger partial charge is 0.0233 e. The molecule has 0 unspecified atom stereocenters. The minimum atomic E-state index is 1.05. The largest absolute Gasteiger partial charge is 0.0988 e. The van der Waals surface area contributed by atoms with E-state index in [1.807, 2.05) is 38.1 Å². The van der Waals surface area contributed by atoms with Gasteiger partial charge < -0.3 is 0 Å². The number of rotatable bonds is 4. The highest BCUT2D eigenvalue weighted by Gasteiger charge is 2.05. The summed E-state index contributed by atoms with van der Waals surface area (Å²) in [6.07, 6.45) is 12.5. The Bertz CT molecular complexity index is 524. The fourth-order valence-electron chi connectivity index (χ4n) is 1.96. The molecule has 0 fully saturated rings. The Kier molecular flexibility index (Phi) is 7.13. The van der Waals surface area contributed by atoms with Crippen LogP contribution in [0.25, 0.3) is 6.08 Å². The summed E-state index contributed by atoms with van der Waals surface area (Å²) in [5.74, 6) is 0. The van der Waals surface area contributed by atoms with Gasteiger partial charge in [0.05, 0.1) is 0 Å². The van der Waals surface area contributed by atoms with Gasteiger partial charge in [0.15, 0.2) is 0 Å². The molecule has 0 saturated carbocycles. The second-order valence-corrected chi connectivity index (χ2v) is 4.41. The SMILES string of the molecule is C=CC1=CC=C(C(=C)/C=C/c2ccccc2)CC1.CC. The molecule has 0 aliphatic heterocycles. The monoisotopic (exact) mass is 264 g/mol. The molecule has 0 saturated heterocycles. The molecule has 1 aliphatic carbocycles. The molecule has 0 bridgehead atoms. The van der Waals surface area contributed by atoms with Crippen LogP contribution in [0.5, 0.6) is 0 Å². The van der Waals surface area contributed by atoms with Crippen molar-refractivity contribution < 1.29 is 0 Å². The van der Waals surface area contributed by atoms with Crippen LogP contribution in [0.3, 0.4) is 0 Å². The molecule has 0 atom stereocenters. The average Bonchev–Trinajstić information content (AvgIpc) is 2.55. The molecule has 0 heterocycles. The molecule has 20 heavy (non-hydrogen) atoms. The second-order valence-electron chi connectivity index (χ2n) is 4.41. The molecule has 0 radical (unpaired) electrons. The lowest BCUT2D eigenvalue weighted by atomic mass is 9.93. The van der Waals surface area contributed by atoms with Crippen LogP contribution < -0.4 is 0 Å². The third-order valence-corrected chi connectivity index (χ3v) is 3.13. The van der Waals surface area contributed by atoms with E-state index in [0.717, 1.165) is 18.4 Å². The van der Waals surface area contributed by atoms with Gasteiger partial charge in [0.1, 0.15) is 0 Å². The Morgan fingerprint density at radius 3 is 2.30 bits per heavy atom. The van der Waals surface area contributed by atoms with Crippen LogP contribution in [-0.2, 0) is 0 Å². The maximum atomic E-state index is 4.13. The molecule has 0 spiro atoms. The number of hydrogen-bond acceptors (Lipinski definition) is 0. The average molecular weight is 264 g/mol. The molecule has 0 aromatic heterocycles. The summed E-state index contributed by atoms with van der Waals surface area (Å²) < 4.78 is 0. The van der Waals surface area contributed by atoms with E-state index in [4.69, 9.17) is 0 Å². The van der Waals surface area contributed by atoms with Crippen molar-refractivity contribution in [3.8, 4) is 0 Å². The predicted molar refractivity (Wildman–Crippen MR) is 91.6 cm³/mol. The van der Waals surface area contributed by atoms with E-state index >= 15 is 0 Å². The van der Waals surface area contributed by atoms with Gasteiger partial charge in [-0.25, -0.2) is 0 Å². The van der Waals surface area contributed by atoms with Crippen molar-refractivity contribution in [2.45, 2.75) is 26.7 Å². The molecular weight excluding hydrogens is 240 g/mol. The molecule has 0 N–H and O–H groups in total. The van der Waals surface area contributed by atoms with Crippen LogP contribution in [0.2, 0.25) is 0 Å². The van der Waals surface area contributed by atoms with Crippen molar-refractivity contribution >= 4 is 6.08 Å². The first-order valence-electron chi connectivity index (χ1n) is 7.24. The maximum Gasteiger partial charge on any atom is -0.0233 e. The van der Waals surface area contributed by atoms with Gasteiger partial charge >= 0.3 is 0 Å². The van der Waals surface area contributed by atoms with E-state index in [1.54, 1.807) is 0 Å². The zero-order valence-electron chi connectivity index (χ0n) is 12.6. The lowest BCUT2D eigenvalue weighted by Crippen LogP contribution is -1.93. The zero-order chi connectivity index (χ0) is 14.8. The molecular formula is C20H24. The summed E-state index contributed by atoms with van der Waals surface area (Å²) in [5.41, 5.74) is 4.92. The molecule has 1 aromatic rings. The van der Waals surface area contributed by atoms with Gasteiger partial charge in [-0.3, -0.25) is 0 Å². The van der Waals surface area contributed by atoms with E-state index in [-0.39, 0.29) is 0 Å².